The highest BCUT2D eigenvalue weighted by Crippen LogP contribution is 2.27. The van der Waals surface area contributed by atoms with E-state index in [4.69, 9.17) is 17.3 Å². The number of nitrogen functional groups attached to an aromatic ring is 1. The van der Waals surface area contributed by atoms with Crippen molar-refractivity contribution in [3.8, 4) is 11.3 Å². The molecule has 92 valence electrons. The standard InChI is InChI=1S/C12H14ClN3.ClH/c1-8(2)16-7-15-11(12(16)14)9-3-5-10(13)6-4-9;/h3-8H,14H2,1-2H3;1H. The average molecular weight is 272 g/mol. The molecule has 0 saturated heterocycles. The highest BCUT2D eigenvalue weighted by Gasteiger charge is 2.11. The molecule has 3 nitrogen and oxygen atoms in total. The van der Waals surface area contributed by atoms with Crippen LogP contribution in [0.5, 0.6) is 0 Å². The number of aromatic nitrogens is 2. The van der Waals surface area contributed by atoms with Gasteiger partial charge in [0.2, 0.25) is 0 Å². The average Bonchev–Trinajstić information content (AvgIpc) is 2.61. The summed E-state index contributed by atoms with van der Waals surface area (Å²) in [5.41, 5.74) is 7.84. The van der Waals surface area contributed by atoms with Gasteiger partial charge in [-0.2, -0.15) is 0 Å². The molecule has 0 fully saturated rings. The summed E-state index contributed by atoms with van der Waals surface area (Å²) < 4.78 is 1.95. The van der Waals surface area contributed by atoms with Crippen LogP contribution in [0.15, 0.2) is 30.6 Å². The molecule has 2 aromatic rings. The monoisotopic (exact) mass is 271 g/mol. The number of nitrogens with zero attached hydrogens (tertiary/aromatic N) is 2. The minimum Gasteiger partial charge on any atom is -0.383 e. The number of nitrogens with two attached hydrogens (primary N) is 1. The van der Waals surface area contributed by atoms with Gasteiger partial charge in [-0.25, -0.2) is 4.98 Å². The second-order valence-electron chi connectivity index (χ2n) is 3.99. The van der Waals surface area contributed by atoms with Gasteiger partial charge < -0.3 is 10.3 Å². The second-order valence-corrected chi connectivity index (χ2v) is 4.42. The molecule has 0 saturated carbocycles. The van der Waals surface area contributed by atoms with Crippen LogP contribution in [0.3, 0.4) is 0 Å². The summed E-state index contributed by atoms with van der Waals surface area (Å²) in [5.74, 6) is 0.692. The minimum atomic E-state index is 0. The molecule has 0 aliphatic heterocycles. The zero-order chi connectivity index (χ0) is 11.7. The van der Waals surface area contributed by atoms with Gasteiger partial charge in [0.1, 0.15) is 11.5 Å². The first-order chi connectivity index (χ1) is 7.59. The van der Waals surface area contributed by atoms with Crippen molar-refractivity contribution >= 4 is 29.8 Å². The van der Waals surface area contributed by atoms with Crippen molar-refractivity contribution in [2.24, 2.45) is 0 Å². The summed E-state index contributed by atoms with van der Waals surface area (Å²) in [7, 11) is 0. The van der Waals surface area contributed by atoms with E-state index in [1.54, 1.807) is 6.33 Å². The minimum absolute atomic E-state index is 0. The van der Waals surface area contributed by atoms with Gasteiger partial charge in [0, 0.05) is 16.6 Å². The largest absolute Gasteiger partial charge is 0.383 e. The smallest absolute Gasteiger partial charge is 0.131 e. The molecular formula is C12H15Cl2N3. The van der Waals surface area contributed by atoms with E-state index in [0.29, 0.717) is 16.9 Å². The lowest BCUT2D eigenvalue weighted by atomic mass is 10.1. The lowest BCUT2D eigenvalue weighted by Gasteiger charge is -2.08. The van der Waals surface area contributed by atoms with Gasteiger partial charge in [0.05, 0.1) is 6.33 Å². The number of halogens is 2. The van der Waals surface area contributed by atoms with E-state index < -0.39 is 0 Å². The van der Waals surface area contributed by atoms with Crippen LogP contribution in [0.2, 0.25) is 5.02 Å². The van der Waals surface area contributed by atoms with Crippen LogP contribution in [0.1, 0.15) is 19.9 Å². The third-order valence-corrected chi connectivity index (χ3v) is 2.76. The van der Waals surface area contributed by atoms with E-state index in [2.05, 4.69) is 18.8 Å². The molecule has 1 aromatic carbocycles. The summed E-state index contributed by atoms with van der Waals surface area (Å²) in [4.78, 5) is 4.33. The third kappa shape index (κ3) is 2.73. The van der Waals surface area contributed by atoms with Gasteiger partial charge in [-0.1, -0.05) is 23.7 Å². The van der Waals surface area contributed by atoms with E-state index in [-0.39, 0.29) is 12.4 Å². The Bertz CT molecular complexity index is 489. The number of hydrogen-bond acceptors (Lipinski definition) is 2. The number of benzene rings is 1. The van der Waals surface area contributed by atoms with Gasteiger partial charge in [0.15, 0.2) is 0 Å². The highest BCUT2D eigenvalue weighted by atomic mass is 35.5. The summed E-state index contributed by atoms with van der Waals surface area (Å²) >= 11 is 5.84. The fourth-order valence-electron chi connectivity index (χ4n) is 1.61. The van der Waals surface area contributed by atoms with Crippen LogP contribution in [-0.2, 0) is 0 Å². The van der Waals surface area contributed by atoms with Crippen molar-refractivity contribution in [3.63, 3.8) is 0 Å². The molecule has 0 aliphatic carbocycles. The molecule has 17 heavy (non-hydrogen) atoms. The van der Waals surface area contributed by atoms with E-state index in [1.807, 2.05) is 28.8 Å². The van der Waals surface area contributed by atoms with Gasteiger partial charge in [-0.05, 0) is 26.0 Å². The van der Waals surface area contributed by atoms with Crippen molar-refractivity contribution in [1.29, 1.82) is 0 Å². The van der Waals surface area contributed by atoms with Crippen molar-refractivity contribution in [2.75, 3.05) is 5.73 Å². The SMILES string of the molecule is CC(C)n1cnc(-c2ccc(Cl)cc2)c1N.Cl. The Morgan fingerprint density at radius 1 is 1.24 bits per heavy atom. The van der Waals surface area contributed by atoms with E-state index in [1.165, 1.54) is 0 Å². The molecule has 0 atom stereocenters. The number of anilines is 1. The fraction of sp³-hybridized carbons (Fsp3) is 0.250. The normalized spacial score (nSPS) is 10.4. The first-order valence-corrected chi connectivity index (χ1v) is 5.55. The van der Waals surface area contributed by atoms with Crippen LogP contribution in [-0.4, -0.2) is 9.55 Å². The van der Waals surface area contributed by atoms with Crippen LogP contribution in [0, 0.1) is 0 Å². The zero-order valence-corrected chi connectivity index (χ0v) is 11.3. The lowest BCUT2D eigenvalue weighted by Crippen LogP contribution is -2.04. The number of hydrogen-bond donors (Lipinski definition) is 1. The molecule has 1 aromatic heterocycles. The molecule has 0 radical (unpaired) electrons. The summed E-state index contributed by atoms with van der Waals surface area (Å²) in [6.45, 7) is 4.15. The van der Waals surface area contributed by atoms with Gasteiger partial charge >= 0.3 is 0 Å². The van der Waals surface area contributed by atoms with Gasteiger partial charge in [-0.3, -0.25) is 0 Å². The Morgan fingerprint density at radius 2 is 1.82 bits per heavy atom. The maximum atomic E-state index is 6.04. The fourth-order valence-corrected chi connectivity index (χ4v) is 1.74. The third-order valence-electron chi connectivity index (χ3n) is 2.51. The maximum Gasteiger partial charge on any atom is 0.131 e. The molecule has 0 amide bonds. The molecule has 0 unspecified atom stereocenters. The predicted octanol–water partition coefficient (Wildman–Crippen LogP) is 3.79. The molecule has 0 aliphatic rings. The topological polar surface area (TPSA) is 43.8 Å². The lowest BCUT2D eigenvalue weighted by molar-refractivity contribution is 0.607. The first-order valence-electron chi connectivity index (χ1n) is 5.18. The summed E-state index contributed by atoms with van der Waals surface area (Å²) in [6, 6.07) is 7.83. The van der Waals surface area contributed by atoms with E-state index >= 15 is 0 Å². The summed E-state index contributed by atoms with van der Waals surface area (Å²) in [6.07, 6.45) is 1.77. The van der Waals surface area contributed by atoms with Gasteiger partial charge in [-0.15, -0.1) is 12.4 Å². The van der Waals surface area contributed by atoms with Crippen LogP contribution >= 0.6 is 24.0 Å². The van der Waals surface area contributed by atoms with Gasteiger partial charge in [0.25, 0.3) is 0 Å². The zero-order valence-electron chi connectivity index (χ0n) is 9.72. The Labute approximate surface area is 112 Å². The number of imidazole rings is 1. The van der Waals surface area contributed by atoms with E-state index in [0.717, 1.165) is 11.3 Å². The first kappa shape index (κ1) is 13.9. The molecular weight excluding hydrogens is 257 g/mol. The molecule has 5 heteroatoms. The quantitative estimate of drug-likeness (QED) is 0.903. The van der Waals surface area contributed by atoms with Crippen LogP contribution < -0.4 is 5.73 Å². The second kappa shape index (κ2) is 5.43. The van der Waals surface area contributed by atoms with Crippen LogP contribution in [0.25, 0.3) is 11.3 Å². The maximum absolute atomic E-state index is 6.04. The molecule has 2 N–H and O–H groups in total. The number of rotatable bonds is 2. The van der Waals surface area contributed by atoms with E-state index in [9.17, 15) is 0 Å². The molecule has 1 heterocycles. The molecule has 0 spiro atoms. The summed E-state index contributed by atoms with van der Waals surface area (Å²) in [5, 5.41) is 0.714. The van der Waals surface area contributed by atoms with Crippen molar-refractivity contribution < 1.29 is 0 Å². The highest BCUT2D eigenvalue weighted by molar-refractivity contribution is 6.30. The molecule has 2 rings (SSSR count). The Balaban J connectivity index is 0.00000144. The Morgan fingerprint density at radius 3 is 2.29 bits per heavy atom. The Hall–Kier alpha value is -1.19. The van der Waals surface area contributed by atoms with Crippen molar-refractivity contribution in [2.45, 2.75) is 19.9 Å². The van der Waals surface area contributed by atoms with Crippen molar-refractivity contribution in [1.82, 2.24) is 9.55 Å². The predicted molar refractivity (Wildman–Crippen MR) is 74.7 cm³/mol. The molecule has 0 bridgehead atoms. The Kier molecular flexibility index (Phi) is 4.43. The van der Waals surface area contributed by atoms with Crippen LogP contribution in [0.4, 0.5) is 5.82 Å². The van der Waals surface area contributed by atoms with Crippen molar-refractivity contribution in [3.05, 3.63) is 35.6 Å².